The van der Waals surface area contributed by atoms with E-state index in [1.165, 1.54) is 18.6 Å². The van der Waals surface area contributed by atoms with Crippen LogP contribution >= 0.6 is 0 Å². The van der Waals surface area contributed by atoms with Crippen molar-refractivity contribution in [3.63, 3.8) is 0 Å². The fourth-order valence-electron chi connectivity index (χ4n) is 2.87. The minimum Gasteiger partial charge on any atom is -0.465 e. The molecule has 2 heterocycles. The van der Waals surface area contributed by atoms with Gasteiger partial charge in [0, 0.05) is 17.3 Å². The Hall–Kier alpha value is -3.93. The van der Waals surface area contributed by atoms with Crippen molar-refractivity contribution < 1.29 is 22.7 Å². The summed E-state index contributed by atoms with van der Waals surface area (Å²) in [5, 5.41) is 0. The van der Waals surface area contributed by atoms with Crippen LogP contribution in [-0.4, -0.2) is 28.0 Å². The minimum absolute atomic E-state index is 0.150. The average molecular weight is 426 g/mol. The number of halogens is 3. The highest BCUT2D eigenvalue weighted by Crippen LogP contribution is 2.35. The molecule has 0 saturated heterocycles. The van der Waals surface area contributed by atoms with Gasteiger partial charge >= 0.3 is 12.1 Å². The second-order valence-corrected chi connectivity index (χ2v) is 6.37. The van der Waals surface area contributed by atoms with Crippen LogP contribution in [0.1, 0.15) is 39.7 Å². The first-order chi connectivity index (χ1) is 14.7. The lowest BCUT2D eigenvalue weighted by atomic mass is 9.98. The number of nitrogens with two attached hydrogens (primary N) is 1. The van der Waals surface area contributed by atoms with Gasteiger partial charge in [-0.3, -0.25) is 0 Å². The molecule has 0 atom stereocenters. The van der Waals surface area contributed by atoms with Gasteiger partial charge in [-0.1, -0.05) is 24.8 Å². The highest BCUT2D eigenvalue weighted by Gasteiger charge is 2.36. The lowest BCUT2D eigenvalue weighted by Gasteiger charge is -2.14. The van der Waals surface area contributed by atoms with Crippen molar-refractivity contribution >= 4 is 11.8 Å². The number of benzene rings is 1. The number of methoxy groups -OCH3 is 1. The topological polar surface area (TPSA) is 91.0 Å². The Morgan fingerprint density at radius 1 is 1.13 bits per heavy atom. The summed E-state index contributed by atoms with van der Waals surface area (Å²) in [6, 6.07) is 6.58. The summed E-state index contributed by atoms with van der Waals surface area (Å²) in [7, 11) is 1.02. The molecule has 0 fully saturated rings. The van der Waals surface area contributed by atoms with Crippen molar-refractivity contribution in [2.24, 2.45) is 0 Å². The van der Waals surface area contributed by atoms with Gasteiger partial charge in [0.15, 0.2) is 0 Å². The van der Waals surface area contributed by atoms with Crippen LogP contribution in [0.25, 0.3) is 11.3 Å². The first-order valence-corrected chi connectivity index (χ1v) is 9.12. The maximum Gasteiger partial charge on any atom is 0.417 e. The monoisotopic (exact) mass is 426 g/mol. The quantitative estimate of drug-likeness (QED) is 0.505. The third-order valence-electron chi connectivity index (χ3n) is 4.38. The molecule has 0 bridgehead atoms. The van der Waals surface area contributed by atoms with Gasteiger partial charge in [0.2, 0.25) is 0 Å². The zero-order valence-corrected chi connectivity index (χ0v) is 16.6. The summed E-state index contributed by atoms with van der Waals surface area (Å²) in [4.78, 5) is 24.1. The third kappa shape index (κ3) is 4.80. The van der Waals surface area contributed by atoms with Crippen LogP contribution in [-0.2, 0) is 17.3 Å². The molecule has 2 aromatic heterocycles. The molecule has 0 radical (unpaired) electrons. The van der Waals surface area contributed by atoms with Gasteiger partial charge in [-0.2, -0.15) is 13.2 Å². The zero-order chi connectivity index (χ0) is 22.6. The number of carbonyl (C=O) groups is 1. The molecule has 3 rings (SSSR count). The van der Waals surface area contributed by atoms with Crippen molar-refractivity contribution in [2.75, 3.05) is 12.8 Å². The van der Waals surface area contributed by atoms with Gasteiger partial charge in [-0.05, 0) is 30.7 Å². The molecule has 0 aliphatic carbocycles. The number of nitrogens with zero attached hydrogens (tertiary/aromatic N) is 3. The van der Waals surface area contributed by atoms with E-state index in [2.05, 4.69) is 31.5 Å². The number of esters is 1. The van der Waals surface area contributed by atoms with Crippen LogP contribution in [0, 0.1) is 11.8 Å². The molecule has 0 amide bonds. The van der Waals surface area contributed by atoms with Crippen LogP contribution in [0.4, 0.5) is 19.0 Å². The number of anilines is 1. The van der Waals surface area contributed by atoms with E-state index in [1.54, 1.807) is 12.1 Å². The first kappa shape index (κ1) is 21.8. The number of ether oxygens (including phenoxy) is 1. The van der Waals surface area contributed by atoms with E-state index < -0.39 is 23.3 Å². The molecule has 2 N–H and O–H groups in total. The molecular weight excluding hydrogens is 409 g/mol. The minimum atomic E-state index is -4.76. The van der Waals surface area contributed by atoms with Crippen molar-refractivity contribution in [1.29, 1.82) is 0 Å². The largest absolute Gasteiger partial charge is 0.465 e. The number of hydrogen-bond donors (Lipinski definition) is 1. The van der Waals surface area contributed by atoms with Gasteiger partial charge in [-0.15, -0.1) is 0 Å². The lowest BCUT2D eigenvalue weighted by Crippen LogP contribution is -2.14. The smallest absolute Gasteiger partial charge is 0.417 e. The highest BCUT2D eigenvalue weighted by atomic mass is 19.4. The molecule has 0 aliphatic rings. The highest BCUT2D eigenvalue weighted by molar-refractivity contribution is 5.92. The lowest BCUT2D eigenvalue weighted by molar-refractivity contribution is -0.138. The van der Waals surface area contributed by atoms with Gasteiger partial charge in [0.05, 0.1) is 35.2 Å². The molecule has 6 nitrogen and oxygen atoms in total. The fourth-order valence-corrected chi connectivity index (χ4v) is 2.87. The summed E-state index contributed by atoms with van der Waals surface area (Å²) < 4.78 is 45.3. The zero-order valence-electron chi connectivity index (χ0n) is 16.6. The van der Waals surface area contributed by atoms with Crippen molar-refractivity contribution in [3.05, 3.63) is 70.8 Å². The summed E-state index contributed by atoms with van der Waals surface area (Å²) in [5.41, 5.74) is 5.79. The van der Waals surface area contributed by atoms with Crippen molar-refractivity contribution in [3.8, 4) is 23.1 Å². The number of hydrogen-bond acceptors (Lipinski definition) is 6. The second kappa shape index (κ2) is 8.83. The van der Waals surface area contributed by atoms with Crippen LogP contribution in [0.2, 0.25) is 0 Å². The number of aryl methyl sites for hydroxylation is 1. The fraction of sp³-hybridized carbons (Fsp3) is 0.182. The number of alkyl halides is 3. The van der Waals surface area contributed by atoms with Crippen LogP contribution in [0.15, 0.2) is 42.9 Å². The molecule has 0 aliphatic heterocycles. The Balaban J connectivity index is 2.18. The number of aromatic nitrogens is 3. The van der Waals surface area contributed by atoms with Gasteiger partial charge in [-0.25, -0.2) is 19.7 Å². The number of pyridine rings is 1. The number of carbonyl (C=O) groups excluding carboxylic acids is 1. The molecule has 1 aromatic carbocycles. The molecule has 0 unspecified atom stereocenters. The summed E-state index contributed by atoms with van der Waals surface area (Å²) in [6.45, 7) is 1.85. The molecule has 158 valence electrons. The standard InChI is InChI=1S/C22H17F3N4O2/c1-3-18-16(7-4-13-5-9-19(26)27-11-13)20(29-12-28-18)14-6-8-15(21(30)31-2)17(10-14)22(23,24)25/h5-6,8-12H,3H2,1-2H3,(H2,26,27). The normalized spacial score (nSPS) is 10.9. The van der Waals surface area contributed by atoms with Crippen LogP contribution in [0.3, 0.4) is 0 Å². The van der Waals surface area contributed by atoms with E-state index in [1.807, 2.05) is 6.92 Å². The summed E-state index contributed by atoms with van der Waals surface area (Å²) >= 11 is 0. The van der Waals surface area contributed by atoms with E-state index in [-0.39, 0.29) is 11.3 Å². The van der Waals surface area contributed by atoms with E-state index >= 15 is 0 Å². The third-order valence-corrected chi connectivity index (χ3v) is 4.38. The number of nitrogen functional groups attached to an aromatic ring is 1. The van der Waals surface area contributed by atoms with Crippen molar-refractivity contribution in [2.45, 2.75) is 19.5 Å². The first-order valence-electron chi connectivity index (χ1n) is 9.12. The average Bonchev–Trinajstić information content (AvgIpc) is 2.77. The predicted molar refractivity (Wildman–Crippen MR) is 108 cm³/mol. The van der Waals surface area contributed by atoms with Crippen LogP contribution < -0.4 is 5.73 Å². The SMILES string of the molecule is CCc1ncnc(-c2ccc(C(=O)OC)c(C(F)(F)F)c2)c1C#Cc1ccc(N)nc1. The summed E-state index contributed by atoms with van der Waals surface area (Å²) in [6.07, 6.45) is -1.51. The molecule has 9 heteroatoms. The predicted octanol–water partition coefficient (Wildman–Crippen LogP) is 3.89. The Morgan fingerprint density at radius 2 is 1.90 bits per heavy atom. The summed E-state index contributed by atoms with van der Waals surface area (Å²) in [5.74, 6) is 5.12. The Labute approximate surface area is 176 Å². The van der Waals surface area contributed by atoms with E-state index in [4.69, 9.17) is 5.73 Å². The maximum absolute atomic E-state index is 13.6. The molecule has 0 spiro atoms. The Morgan fingerprint density at radius 3 is 2.52 bits per heavy atom. The van der Waals surface area contributed by atoms with Gasteiger partial charge in [0.25, 0.3) is 0 Å². The maximum atomic E-state index is 13.6. The Kier molecular flexibility index (Phi) is 6.20. The second-order valence-electron chi connectivity index (χ2n) is 6.37. The molecule has 0 saturated carbocycles. The van der Waals surface area contributed by atoms with Crippen molar-refractivity contribution in [1.82, 2.24) is 15.0 Å². The van der Waals surface area contributed by atoms with Crippen LogP contribution in [0.5, 0.6) is 0 Å². The van der Waals surface area contributed by atoms with Gasteiger partial charge < -0.3 is 10.5 Å². The molecule has 31 heavy (non-hydrogen) atoms. The van der Waals surface area contributed by atoms with Gasteiger partial charge in [0.1, 0.15) is 12.1 Å². The Bertz CT molecular complexity index is 1180. The molecular formula is C22H17F3N4O2. The van der Waals surface area contributed by atoms with E-state index in [0.717, 1.165) is 19.2 Å². The van der Waals surface area contributed by atoms with E-state index in [0.29, 0.717) is 29.1 Å². The number of rotatable bonds is 3. The van der Waals surface area contributed by atoms with E-state index in [9.17, 15) is 18.0 Å². The molecule has 3 aromatic rings.